The van der Waals surface area contributed by atoms with E-state index in [0.717, 1.165) is 11.8 Å². The number of hydrogen-bond donors (Lipinski definition) is 3. The number of nitrogens with one attached hydrogen (secondary N) is 3. The highest BCUT2D eigenvalue weighted by Gasteiger charge is 2.07. The summed E-state index contributed by atoms with van der Waals surface area (Å²) in [6.07, 6.45) is 1.14. The van der Waals surface area contributed by atoms with Crippen molar-refractivity contribution in [3.63, 3.8) is 0 Å². The lowest BCUT2D eigenvalue weighted by molar-refractivity contribution is 0.586. The summed E-state index contributed by atoms with van der Waals surface area (Å²) in [5.41, 5.74) is 1.16. The Kier molecular flexibility index (Phi) is 6.47. The van der Waals surface area contributed by atoms with Gasteiger partial charge in [-0.2, -0.15) is 0 Å². The summed E-state index contributed by atoms with van der Waals surface area (Å²) in [7, 11) is -1.47. The van der Waals surface area contributed by atoms with E-state index in [0.29, 0.717) is 19.0 Å². The SMILES string of the molecule is CN=C(NCCNS(C)(=O)=O)NC(C)c1ccccc1. The smallest absolute Gasteiger partial charge is 0.208 e. The van der Waals surface area contributed by atoms with E-state index in [1.165, 1.54) is 0 Å². The molecule has 0 aliphatic heterocycles. The highest BCUT2D eigenvalue weighted by Crippen LogP contribution is 2.10. The molecule has 0 heterocycles. The van der Waals surface area contributed by atoms with Crippen LogP contribution in [-0.2, 0) is 10.0 Å². The fourth-order valence-electron chi connectivity index (χ4n) is 1.64. The first-order chi connectivity index (χ1) is 9.42. The van der Waals surface area contributed by atoms with Gasteiger partial charge < -0.3 is 10.6 Å². The summed E-state index contributed by atoms with van der Waals surface area (Å²) in [4.78, 5) is 4.10. The van der Waals surface area contributed by atoms with Crippen LogP contribution in [0, 0.1) is 0 Å². The molecule has 0 saturated carbocycles. The molecule has 3 N–H and O–H groups in total. The van der Waals surface area contributed by atoms with Gasteiger partial charge in [-0.15, -0.1) is 0 Å². The Morgan fingerprint density at radius 1 is 1.25 bits per heavy atom. The first-order valence-electron chi connectivity index (χ1n) is 6.39. The van der Waals surface area contributed by atoms with Crippen molar-refractivity contribution in [1.82, 2.24) is 15.4 Å². The lowest BCUT2D eigenvalue weighted by Gasteiger charge is -2.18. The molecular formula is C13H22N4O2S. The molecule has 1 rings (SSSR count). The van der Waals surface area contributed by atoms with Crippen LogP contribution in [0.3, 0.4) is 0 Å². The number of rotatable bonds is 6. The van der Waals surface area contributed by atoms with Crippen molar-refractivity contribution in [3.05, 3.63) is 35.9 Å². The third kappa shape index (κ3) is 6.53. The highest BCUT2D eigenvalue weighted by atomic mass is 32.2. The fourth-order valence-corrected chi connectivity index (χ4v) is 2.11. The molecular weight excluding hydrogens is 276 g/mol. The van der Waals surface area contributed by atoms with Crippen LogP contribution in [-0.4, -0.2) is 40.8 Å². The molecule has 112 valence electrons. The third-order valence-electron chi connectivity index (χ3n) is 2.66. The number of nitrogens with zero attached hydrogens (tertiary/aromatic N) is 1. The van der Waals surface area contributed by atoms with E-state index in [4.69, 9.17) is 0 Å². The zero-order valence-electron chi connectivity index (χ0n) is 12.1. The molecule has 0 fully saturated rings. The molecule has 0 aliphatic rings. The average Bonchev–Trinajstić information content (AvgIpc) is 2.42. The van der Waals surface area contributed by atoms with Crippen LogP contribution >= 0.6 is 0 Å². The minimum atomic E-state index is -3.15. The number of aliphatic imine (C=N–C) groups is 1. The van der Waals surface area contributed by atoms with Gasteiger partial charge in [-0.05, 0) is 12.5 Å². The molecule has 0 spiro atoms. The van der Waals surface area contributed by atoms with Crippen LogP contribution in [0.15, 0.2) is 35.3 Å². The van der Waals surface area contributed by atoms with E-state index in [-0.39, 0.29) is 6.04 Å². The second kappa shape index (κ2) is 7.86. The quantitative estimate of drug-likeness (QED) is 0.405. The number of guanidine groups is 1. The number of hydrogen-bond acceptors (Lipinski definition) is 3. The molecule has 0 radical (unpaired) electrons. The van der Waals surface area contributed by atoms with Gasteiger partial charge in [0.25, 0.3) is 0 Å². The molecule has 0 amide bonds. The van der Waals surface area contributed by atoms with E-state index >= 15 is 0 Å². The summed E-state index contributed by atoms with van der Waals surface area (Å²) in [5.74, 6) is 0.636. The average molecular weight is 298 g/mol. The van der Waals surface area contributed by atoms with Crippen LogP contribution in [0.2, 0.25) is 0 Å². The fraction of sp³-hybridized carbons (Fsp3) is 0.462. The number of benzene rings is 1. The second-order valence-corrected chi connectivity index (χ2v) is 6.28. The van der Waals surface area contributed by atoms with E-state index in [1.54, 1.807) is 7.05 Å². The van der Waals surface area contributed by atoms with E-state index in [1.807, 2.05) is 37.3 Å². The van der Waals surface area contributed by atoms with Crippen molar-refractivity contribution in [2.45, 2.75) is 13.0 Å². The number of sulfonamides is 1. The molecule has 6 nitrogen and oxygen atoms in total. The molecule has 0 saturated heterocycles. The lowest BCUT2D eigenvalue weighted by Crippen LogP contribution is -2.42. The maximum atomic E-state index is 10.9. The zero-order chi connectivity index (χ0) is 15.0. The maximum absolute atomic E-state index is 10.9. The summed E-state index contributed by atoms with van der Waals surface area (Å²) in [6.45, 7) is 2.82. The normalized spacial score (nSPS) is 13.8. The lowest BCUT2D eigenvalue weighted by atomic mass is 10.1. The monoisotopic (exact) mass is 298 g/mol. The third-order valence-corrected chi connectivity index (χ3v) is 3.39. The summed E-state index contributed by atoms with van der Waals surface area (Å²) in [5, 5.41) is 6.30. The van der Waals surface area contributed by atoms with Crippen LogP contribution in [0.5, 0.6) is 0 Å². The van der Waals surface area contributed by atoms with Gasteiger partial charge >= 0.3 is 0 Å². The van der Waals surface area contributed by atoms with Gasteiger partial charge in [-0.1, -0.05) is 30.3 Å². The topological polar surface area (TPSA) is 82.6 Å². The van der Waals surface area contributed by atoms with Crippen molar-refractivity contribution < 1.29 is 8.42 Å². The second-order valence-electron chi connectivity index (χ2n) is 4.44. The minimum Gasteiger partial charge on any atom is -0.355 e. The molecule has 0 aliphatic carbocycles. The van der Waals surface area contributed by atoms with E-state index in [9.17, 15) is 8.42 Å². The first kappa shape index (κ1) is 16.5. The van der Waals surface area contributed by atoms with Crippen molar-refractivity contribution in [2.75, 3.05) is 26.4 Å². The largest absolute Gasteiger partial charge is 0.355 e. The maximum Gasteiger partial charge on any atom is 0.208 e. The minimum absolute atomic E-state index is 0.116. The van der Waals surface area contributed by atoms with E-state index < -0.39 is 10.0 Å². The predicted octanol–water partition coefficient (Wildman–Crippen LogP) is 0.462. The van der Waals surface area contributed by atoms with Gasteiger partial charge in [0, 0.05) is 20.1 Å². The Balaban J connectivity index is 2.40. The molecule has 1 unspecified atom stereocenters. The first-order valence-corrected chi connectivity index (χ1v) is 8.28. The Hall–Kier alpha value is -1.60. The van der Waals surface area contributed by atoms with Crippen LogP contribution in [0.4, 0.5) is 0 Å². The van der Waals surface area contributed by atoms with Gasteiger partial charge in [0.15, 0.2) is 5.96 Å². The van der Waals surface area contributed by atoms with Crippen LogP contribution < -0.4 is 15.4 Å². The van der Waals surface area contributed by atoms with Gasteiger partial charge in [0.1, 0.15) is 0 Å². The Bertz CT molecular complexity index is 529. The van der Waals surface area contributed by atoms with Crippen molar-refractivity contribution >= 4 is 16.0 Å². The highest BCUT2D eigenvalue weighted by molar-refractivity contribution is 7.88. The Morgan fingerprint density at radius 2 is 1.90 bits per heavy atom. The van der Waals surface area contributed by atoms with Crippen molar-refractivity contribution in [2.24, 2.45) is 4.99 Å². The molecule has 0 aromatic heterocycles. The predicted molar refractivity (Wildman–Crippen MR) is 82.2 cm³/mol. The van der Waals surface area contributed by atoms with Gasteiger partial charge in [0.05, 0.1) is 12.3 Å². The Morgan fingerprint density at radius 3 is 2.45 bits per heavy atom. The van der Waals surface area contributed by atoms with E-state index in [2.05, 4.69) is 20.3 Å². The van der Waals surface area contributed by atoms with Crippen LogP contribution in [0.1, 0.15) is 18.5 Å². The van der Waals surface area contributed by atoms with Crippen molar-refractivity contribution in [1.29, 1.82) is 0 Å². The Labute approximate surface area is 120 Å². The molecule has 1 aromatic rings. The molecule has 1 atom stereocenters. The van der Waals surface area contributed by atoms with Crippen molar-refractivity contribution in [3.8, 4) is 0 Å². The van der Waals surface area contributed by atoms with Gasteiger partial charge in [-0.3, -0.25) is 4.99 Å². The molecule has 0 bridgehead atoms. The van der Waals surface area contributed by atoms with Crippen LogP contribution in [0.25, 0.3) is 0 Å². The molecule has 20 heavy (non-hydrogen) atoms. The summed E-state index contributed by atoms with van der Waals surface area (Å²) >= 11 is 0. The van der Waals surface area contributed by atoms with Gasteiger partial charge in [0.2, 0.25) is 10.0 Å². The standard InChI is InChI=1S/C13H22N4O2S/c1-11(12-7-5-4-6-8-12)17-13(14-2)15-9-10-16-20(3,18)19/h4-8,11,16H,9-10H2,1-3H3,(H2,14,15,17). The summed E-state index contributed by atoms with van der Waals surface area (Å²) < 4.78 is 24.3. The summed E-state index contributed by atoms with van der Waals surface area (Å²) in [6, 6.07) is 10.1. The van der Waals surface area contributed by atoms with Gasteiger partial charge in [-0.25, -0.2) is 13.1 Å². The molecule has 7 heteroatoms. The molecule has 1 aromatic carbocycles. The zero-order valence-corrected chi connectivity index (χ0v) is 12.9.